The van der Waals surface area contributed by atoms with Crippen LogP contribution in [0.1, 0.15) is 52.4 Å². The number of aliphatic hydroxyl groups excluding tert-OH is 1. The van der Waals surface area contributed by atoms with E-state index in [2.05, 4.69) is 11.7 Å². The largest absolute Gasteiger partial charge is 0.461 e. The number of allylic oxidation sites excluding steroid dienone is 1. The Morgan fingerprint density at radius 2 is 2.00 bits per heavy atom. The maximum Gasteiger partial charge on any atom is 0.459 e. The first-order valence-electron chi connectivity index (χ1n) is 13.2. The number of halogens is 1. The number of alkyl halides is 1. The number of aliphatic hydroxyl groups is 1. The molecular formula is C27H36FN2O8P. The van der Waals surface area contributed by atoms with Crippen molar-refractivity contribution in [1.29, 1.82) is 0 Å². The number of hydrogen-bond acceptors (Lipinski definition) is 8. The van der Waals surface area contributed by atoms with Crippen molar-refractivity contribution in [2.75, 3.05) is 6.61 Å². The van der Waals surface area contributed by atoms with Gasteiger partial charge in [0, 0.05) is 6.20 Å². The number of ether oxygens (including phenoxy) is 2. The van der Waals surface area contributed by atoms with E-state index in [4.69, 9.17) is 18.5 Å². The number of carbonyl (C=O) groups is 2. The molecule has 1 saturated carbocycles. The van der Waals surface area contributed by atoms with Crippen LogP contribution in [-0.2, 0) is 28.2 Å². The van der Waals surface area contributed by atoms with Crippen LogP contribution in [0.15, 0.2) is 54.8 Å². The van der Waals surface area contributed by atoms with E-state index in [0.29, 0.717) is 5.57 Å². The van der Waals surface area contributed by atoms with Crippen molar-refractivity contribution in [3.05, 3.63) is 54.8 Å². The monoisotopic (exact) mass is 566 g/mol. The zero-order valence-electron chi connectivity index (χ0n) is 22.2. The van der Waals surface area contributed by atoms with Crippen LogP contribution in [0.4, 0.5) is 4.39 Å². The van der Waals surface area contributed by atoms with Gasteiger partial charge in [-0.15, -0.1) is 0 Å². The summed E-state index contributed by atoms with van der Waals surface area (Å²) in [7, 11) is -4.27. The van der Waals surface area contributed by atoms with E-state index in [0.717, 1.165) is 43.9 Å². The van der Waals surface area contributed by atoms with Crippen molar-refractivity contribution in [2.45, 2.75) is 88.6 Å². The summed E-state index contributed by atoms with van der Waals surface area (Å²) >= 11 is 0. The van der Waals surface area contributed by atoms with Gasteiger partial charge < -0.3 is 19.1 Å². The Kier molecular flexibility index (Phi) is 9.29. The first-order valence-corrected chi connectivity index (χ1v) is 14.7. The van der Waals surface area contributed by atoms with Gasteiger partial charge in [0.25, 0.3) is 0 Å². The SMILES string of the molecule is C=C1C=CN([C@@H]2O[C@H](COP(=O)(N[C@@H](C)C(=O)OC3CCCCC3)Oc3ccccc3)[C@@H](O)[C@@]2(C)F)C(=O)C1. The molecule has 2 N–H and O–H groups in total. The maximum absolute atomic E-state index is 15.6. The Balaban J connectivity index is 1.45. The fourth-order valence-electron chi connectivity index (χ4n) is 4.79. The van der Waals surface area contributed by atoms with Crippen LogP contribution in [0.5, 0.6) is 5.75 Å². The van der Waals surface area contributed by atoms with Crippen LogP contribution >= 0.6 is 7.75 Å². The Morgan fingerprint density at radius 1 is 1.31 bits per heavy atom. The van der Waals surface area contributed by atoms with Gasteiger partial charge in [0.1, 0.15) is 30.1 Å². The molecule has 6 atom stereocenters. The molecule has 0 spiro atoms. The van der Waals surface area contributed by atoms with Crippen LogP contribution in [0.3, 0.4) is 0 Å². The Labute approximate surface area is 227 Å². The van der Waals surface area contributed by atoms with E-state index < -0.39 is 56.4 Å². The lowest BCUT2D eigenvalue weighted by atomic mass is 9.97. The molecule has 39 heavy (non-hydrogen) atoms. The third-order valence-electron chi connectivity index (χ3n) is 7.02. The number of rotatable bonds is 10. The van der Waals surface area contributed by atoms with Crippen molar-refractivity contribution in [1.82, 2.24) is 9.99 Å². The van der Waals surface area contributed by atoms with Gasteiger partial charge in [-0.3, -0.25) is 19.0 Å². The summed E-state index contributed by atoms with van der Waals surface area (Å²) in [5.74, 6) is -0.838. The third-order valence-corrected chi connectivity index (χ3v) is 8.67. The van der Waals surface area contributed by atoms with Gasteiger partial charge in [0.05, 0.1) is 13.0 Å². The van der Waals surface area contributed by atoms with E-state index in [-0.39, 0.29) is 18.3 Å². The normalized spacial score (nSPS) is 30.2. The fourth-order valence-corrected chi connectivity index (χ4v) is 6.30. The molecule has 12 heteroatoms. The van der Waals surface area contributed by atoms with E-state index in [1.165, 1.54) is 13.1 Å². The average molecular weight is 567 g/mol. The van der Waals surface area contributed by atoms with E-state index in [9.17, 15) is 19.3 Å². The van der Waals surface area contributed by atoms with Crippen LogP contribution in [0, 0.1) is 0 Å². The third kappa shape index (κ3) is 7.15. The predicted molar refractivity (Wildman–Crippen MR) is 140 cm³/mol. The van der Waals surface area contributed by atoms with Crippen LogP contribution in [0.25, 0.3) is 0 Å². The highest BCUT2D eigenvalue weighted by Gasteiger charge is 2.57. The number of nitrogens with one attached hydrogen (secondary N) is 1. The molecule has 0 radical (unpaired) electrons. The number of nitrogens with zero attached hydrogens (tertiary/aromatic N) is 1. The first kappa shape index (κ1) is 29.4. The van der Waals surface area contributed by atoms with Gasteiger partial charge in [-0.2, -0.15) is 5.09 Å². The second-order valence-corrected chi connectivity index (χ2v) is 12.0. The number of benzene rings is 1. The Morgan fingerprint density at radius 3 is 2.67 bits per heavy atom. The predicted octanol–water partition coefficient (Wildman–Crippen LogP) is 4.16. The summed E-state index contributed by atoms with van der Waals surface area (Å²) in [5.41, 5.74) is -1.79. The Bertz CT molecular complexity index is 1120. The maximum atomic E-state index is 15.6. The molecule has 1 aromatic rings. The average Bonchev–Trinajstić information content (AvgIpc) is 3.12. The smallest absolute Gasteiger partial charge is 0.459 e. The molecule has 1 aromatic carbocycles. The summed E-state index contributed by atoms with van der Waals surface area (Å²) in [6.45, 7) is 5.77. The lowest BCUT2D eigenvalue weighted by Gasteiger charge is -2.33. The van der Waals surface area contributed by atoms with Gasteiger partial charge in [-0.05, 0) is 63.3 Å². The summed E-state index contributed by atoms with van der Waals surface area (Å²) < 4.78 is 51.9. The minimum atomic E-state index is -4.27. The molecule has 0 bridgehead atoms. The quantitative estimate of drug-likeness (QED) is 0.317. The molecule has 2 heterocycles. The number of amides is 1. The van der Waals surface area contributed by atoms with E-state index in [1.807, 2.05) is 0 Å². The minimum absolute atomic E-state index is 0.0113. The Hall–Kier alpha value is -2.56. The molecule has 3 aliphatic rings. The zero-order chi connectivity index (χ0) is 28.2. The molecule has 1 amide bonds. The summed E-state index contributed by atoms with van der Waals surface area (Å²) in [5, 5.41) is 13.3. The van der Waals surface area contributed by atoms with Gasteiger partial charge in [-0.1, -0.05) is 31.2 Å². The molecule has 4 rings (SSSR count). The number of carbonyl (C=O) groups excluding carboxylic acids is 2. The second-order valence-electron chi connectivity index (χ2n) is 10.3. The van der Waals surface area contributed by atoms with Gasteiger partial charge in [-0.25, -0.2) is 8.96 Å². The molecular weight excluding hydrogens is 530 g/mol. The van der Waals surface area contributed by atoms with Crippen molar-refractivity contribution < 1.29 is 42.2 Å². The highest BCUT2D eigenvalue weighted by Crippen LogP contribution is 2.47. The summed E-state index contributed by atoms with van der Waals surface area (Å²) in [6.07, 6.45) is 2.86. The molecule has 1 saturated heterocycles. The van der Waals surface area contributed by atoms with Crippen molar-refractivity contribution >= 4 is 19.6 Å². The number of para-hydroxylation sites is 1. The molecule has 1 unspecified atom stereocenters. The standard InChI is InChI=1S/C27H36FN2O8P/c1-18-14-15-30(23(31)16-18)26-27(3,28)24(32)22(37-26)17-35-39(34,38-21-12-8-5-9-13-21)29-19(2)25(33)36-20-10-6-4-7-11-20/h5,8-9,12-15,19-20,22,24,26,32H,1,4,6-7,10-11,16-17H2,2-3H3,(H,29,34)/t19-,22+,24+,26+,27+,39?/m0/s1. The fraction of sp³-hybridized carbons (Fsp3) is 0.556. The lowest BCUT2D eigenvalue weighted by Crippen LogP contribution is -2.51. The molecule has 2 aliphatic heterocycles. The molecule has 10 nitrogen and oxygen atoms in total. The van der Waals surface area contributed by atoms with Gasteiger partial charge in [0.2, 0.25) is 5.91 Å². The van der Waals surface area contributed by atoms with Crippen LogP contribution in [0.2, 0.25) is 0 Å². The molecule has 0 aromatic heterocycles. The molecule has 1 aliphatic carbocycles. The van der Waals surface area contributed by atoms with Crippen molar-refractivity contribution in [3.63, 3.8) is 0 Å². The minimum Gasteiger partial charge on any atom is -0.461 e. The molecule has 214 valence electrons. The van der Waals surface area contributed by atoms with E-state index >= 15 is 4.39 Å². The summed E-state index contributed by atoms with van der Waals surface area (Å²) in [4.78, 5) is 26.3. The number of hydrogen-bond donors (Lipinski definition) is 2. The van der Waals surface area contributed by atoms with Crippen LogP contribution < -0.4 is 9.61 Å². The highest BCUT2D eigenvalue weighted by molar-refractivity contribution is 7.52. The van der Waals surface area contributed by atoms with Crippen LogP contribution in [-0.4, -0.2) is 64.7 Å². The highest BCUT2D eigenvalue weighted by atomic mass is 31.2. The lowest BCUT2D eigenvalue weighted by molar-refractivity contribution is -0.152. The van der Waals surface area contributed by atoms with Gasteiger partial charge >= 0.3 is 13.7 Å². The van der Waals surface area contributed by atoms with Crippen molar-refractivity contribution in [2.24, 2.45) is 0 Å². The first-order chi connectivity index (χ1) is 18.5. The topological polar surface area (TPSA) is 124 Å². The van der Waals surface area contributed by atoms with Crippen molar-refractivity contribution in [3.8, 4) is 5.75 Å². The second kappa shape index (κ2) is 12.3. The molecule has 2 fully saturated rings. The summed E-state index contributed by atoms with van der Waals surface area (Å²) in [6, 6.07) is 7.13. The van der Waals surface area contributed by atoms with Gasteiger partial charge in [0.15, 0.2) is 11.9 Å². The number of esters is 1. The van der Waals surface area contributed by atoms with E-state index in [1.54, 1.807) is 36.4 Å². The zero-order valence-corrected chi connectivity index (χ0v) is 23.1.